The van der Waals surface area contributed by atoms with Gasteiger partial charge in [-0.25, -0.2) is 14.4 Å². The predicted molar refractivity (Wildman–Crippen MR) is 127 cm³/mol. The number of aliphatic hydroxyl groups excluding tert-OH is 1. The van der Waals surface area contributed by atoms with Gasteiger partial charge in [0.25, 0.3) is 11.5 Å². The zero-order chi connectivity index (χ0) is 24.5. The molecule has 3 heterocycles. The minimum Gasteiger partial charge on any atom is -0.391 e. The zero-order valence-corrected chi connectivity index (χ0v) is 19.2. The van der Waals surface area contributed by atoms with E-state index in [1.54, 1.807) is 36.3 Å². The summed E-state index contributed by atoms with van der Waals surface area (Å²) in [7, 11) is 1.78. The monoisotopic (exact) mass is 476 g/mol. The standard InChI is InChI=1S/C25H25FN6O3/c1-31-11-17(9-29-31)15-6-7-16(20(26)8-15)12-32-13-19(23-18(25(32)35)10-27-14-28-23)24(34)30-21-4-2-3-5-22(21)33/h6-11,13-14,21-22,33H,2-5,12H2,1H3,(H,30,34)/t21-,22-/m0/s1. The average molecular weight is 477 g/mol. The molecule has 1 aromatic carbocycles. The Morgan fingerprint density at radius 1 is 1.20 bits per heavy atom. The molecule has 0 aliphatic heterocycles. The van der Waals surface area contributed by atoms with E-state index in [1.807, 2.05) is 0 Å². The number of rotatable bonds is 5. The highest BCUT2D eigenvalue weighted by Crippen LogP contribution is 2.23. The third-order valence-electron chi connectivity index (χ3n) is 6.47. The lowest BCUT2D eigenvalue weighted by molar-refractivity contribution is 0.0718. The molecule has 2 N–H and O–H groups in total. The Hall–Kier alpha value is -3.92. The number of aliphatic hydroxyl groups is 1. The van der Waals surface area contributed by atoms with Gasteiger partial charge in [0, 0.05) is 36.8 Å². The molecular weight excluding hydrogens is 451 g/mol. The molecule has 35 heavy (non-hydrogen) atoms. The number of amides is 1. The van der Waals surface area contributed by atoms with Crippen LogP contribution in [0, 0.1) is 5.82 Å². The Morgan fingerprint density at radius 2 is 2.03 bits per heavy atom. The number of benzene rings is 1. The van der Waals surface area contributed by atoms with Crippen molar-refractivity contribution in [2.75, 3.05) is 0 Å². The van der Waals surface area contributed by atoms with Crippen LogP contribution < -0.4 is 10.9 Å². The highest BCUT2D eigenvalue weighted by Gasteiger charge is 2.26. The van der Waals surface area contributed by atoms with Gasteiger partial charge in [-0.2, -0.15) is 5.10 Å². The summed E-state index contributed by atoms with van der Waals surface area (Å²) >= 11 is 0. The fourth-order valence-electron chi connectivity index (χ4n) is 4.55. The van der Waals surface area contributed by atoms with Gasteiger partial charge in [0.15, 0.2) is 0 Å². The first-order valence-corrected chi connectivity index (χ1v) is 11.5. The van der Waals surface area contributed by atoms with Gasteiger partial charge in [0.1, 0.15) is 12.1 Å². The summed E-state index contributed by atoms with van der Waals surface area (Å²) in [6.45, 7) is -0.0743. The minimum atomic E-state index is -0.619. The number of halogens is 1. The highest BCUT2D eigenvalue weighted by atomic mass is 19.1. The van der Waals surface area contributed by atoms with Crippen molar-refractivity contribution in [1.29, 1.82) is 0 Å². The van der Waals surface area contributed by atoms with Crippen LogP contribution in [-0.2, 0) is 13.6 Å². The summed E-state index contributed by atoms with van der Waals surface area (Å²) in [6.07, 6.45) is 9.98. The third-order valence-corrected chi connectivity index (χ3v) is 6.47. The molecule has 0 saturated heterocycles. The summed E-state index contributed by atoms with van der Waals surface area (Å²) in [5, 5.41) is 17.4. The van der Waals surface area contributed by atoms with Crippen molar-refractivity contribution in [3.8, 4) is 11.1 Å². The number of aromatic nitrogens is 5. The topological polar surface area (TPSA) is 115 Å². The summed E-state index contributed by atoms with van der Waals surface area (Å²) in [5.74, 6) is -0.917. The van der Waals surface area contributed by atoms with Gasteiger partial charge < -0.3 is 15.0 Å². The van der Waals surface area contributed by atoms with E-state index < -0.39 is 23.4 Å². The molecular formula is C25H25FN6O3. The zero-order valence-electron chi connectivity index (χ0n) is 19.2. The van der Waals surface area contributed by atoms with Gasteiger partial charge in [-0.1, -0.05) is 25.0 Å². The molecule has 9 nitrogen and oxygen atoms in total. The summed E-state index contributed by atoms with van der Waals surface area (Å²) in [5.41, 5.74) is 1.71. The molecule has 0 bridgehead atoms. The molecule has 5 rings (SSSR count). The molecule has 1 saturated carbocycles. The first-order valence-electron chi connectivity index (χ1n) is 11.5. The number of pyridine rings is 1. The smallest absolute Gasteiger partial charge is 0.261 e. The molecule has 10 heteroatoms. The minimum absolute atomic E-state index is 0.0743. The fraction of sp³-hybridized carbons (Fsp3) is 0.320. The van der Waals surface area contributed by atoms with Crippen molar-refractivity contribution in [3.05, 3.63) is 76.6 Å². The number of fused-ring (bicyclic) bond motifs is 1. The molecule has 180 valence electrons. The molecule has 1 aliphatic carbocycles. The molecule has 0 radical (unpaired) electrons. The molecule has 1 aliphatic rings. The second-order valence-electron chi connectivity index (χ2n) is 8.90. The van der Waals surface area contributed by atoms with Gasteiger partial charge in [-0.15, -0.1) is 0 Å². The van der Waals surface area contributed by atoms with Crippen LogP contribution in [0.15, 0.2) is 54.1 Å². The van der Waals surface area contributed by atoms with Crippen molar-refractivity contribution in [1.82, 2.24) is 29.6 Å². The summed E-state index contributed by atoms with van der Waals surface area (Å²) in [6, 6.07) is 4.42. The number of aryl methyl sites for hydroxylation is 1. The van der Waals surface area contributed by atoms with E-state index in [9.17, 15) is 14.7 Å². The normalized spacial score (nSPS) is 18.0. The SMILES string of the molecule is Cn1cc(-c2ccc(Cn3cc(C(=O)N[C@H]4CCCC[C@@H]4O)c4ncncc4c3=O)c(F)c2)cn1. The number of nitrogens with zero attached hydrogens (tertiary/aromatic N) is 5. The molecule has 0 unspecified atom stereocenters. The molecule has 4 aromatic rings. The quantitative estimate of drug-likeness (QED) is 0.457. The van der Waals surface area contributed by atoms with E-state index in [4.69, 9.17) is 0 Å². The highest BCUT2D eigenvalue weighted by molar-refractivity contribution is 6.04. The third kappa shape index (κ3) is 4.57. The van der Waals surface area contributed by atoms with Crippen LogP contribution in [0.25, 0.3) is 22.0 Å². The van der Waals surface area contributed by atoms with Crippen molar-refractivity contribution < 1.29 is 14.3 Å². The van der Waals surface area contributed by atoms with E-state index in [2.05, 4.69) is 20.4 Å². The first-order chi connectivity index (χ1) is 16.9. The maximum atomic E-state index is 15.0. The second-order valence-corrected chi connectivity index (χ2v) is 8.90. The largest absolute Gasteiger partial charge is 0.391 e. The van der Waals surface area contributed by atoms with Gasteiger partial charge in [-0.3, -0.25) is 14.3 Å². The molecule has 3 aromatic heterocycles. The Balaban J connectivity index is 1.49. The number of hydrogen-bond acceptors (Lipinski definition) is 6. The van der Waals surface area contributed by atoms with Gasteiger partial charge >= 0.3 is 0 Å². The fourth-order valence-corrected chi connectivity index (χ4v) is 4.55. The van der Waals surface area contributed by atoms with Crippen molar-refractivity contribution >= 4 is 16.8 Å². The van der Waals surface area contributed by atoms with Crippen molar-refractivity contribution in [3.63, 3.8) is 0 Å². The first kappa shape index (κ1) is 22.9. The van der Waals surface area contributed by atoms with E-state index in [0.717, 1.165) is 18.4 Å². The van der Waals surface area contributed by atoms with E-state index in [-0.39, 0.29) is 29.1 Å². The van der Waals surface area contributed by atoms with Crippen LogP contribution in [-0.4, -0.2) is 47.5 Å². The second kappa shape index (κ2) is 9.38. The average Bonchev–Trinajstić information content (AvgIpc) is 3.29. The van der Waals surface area contributed by atoms with Crippen LogP contribution in [0.1, 0.15) is 41.6 Å². The lowest BCUT2D eigenvalue weighted by Crippen LogP contribution is -2.45. The molecule has 0 spiro atoms. The van der Waals surface area contributed by atoms with Crippen molar-refractivity contribution in [2.45, 2.75) is 44.4 Å². The Bertz CT molecular complexity index is 1460. The number of carbonyl (C=O) groups is 1. The van der Waals surface area contributed by atoms with Crippen LogP contribution in [0.3, 0.4) is 0 Å². The van der Waals surface area contributed by atoms with E-state index >= 15 is 4.39 Å². The van der Waals surface area contributed by atoms with Crippen LogP contribution in [0.2, 0.25) is 0 Å². The molecule has 2 atom stereocenters. The molecule has 1 fully saturated rings. The lowest BCUT2D eigenvalue weighted by Gasteiger charge is -2.28. The van der Waals surface area contributed by atoms with Gasteiger partial charge in [0.05, 0.1) is 41.4 Å². The number of hydrogen-bond donors (Lipinski definition) is 2. The van der Waals surface area contributed by atoms with Gasteiger partial charge in [0.2, 0.25) is 0 Å². The Kier molecular flexibility index (Phi) is 6.12. The van der Waals surface area contributed by atoms with Crippen LogP contribution >= 0.6 is 0 Å². The Labute approximate surface area is 200 Å². The maximum absolute atomic E-state index is 15.0. The van der Waals surface area contributed by atoms with Crippen LogP contribution in [0.5, 0.6) is 0 Å². The Morgan fingerprint density at radius 3 is 2.77 bits per heavy atom. The number of carbonyl (C=O) groups excluding carboxylic acids is 1. The van der Waals surface area contributed by atoms with Gasteiger partial charge in [-0.05, 0) is 24.5 Å². The van der Waals surface area contributed by atoms with E-state index in [0.29, 0.717) is 24.0 Å². The van der Waals surface area contributed by atoms with Crippen molar-refractivity contribution in [2.24, 2.45) is 7.05 Å². The van der Waals surface area contributed by atoms with Crippen LogP contribution in [0.4, 0.5) is 4.39 Å². The predicted octanol–water partition coefficient (Wildman–Crippen LogP) is 2.41. The lowest BCUT2D eigenvalue weighted by atomic mass is 9.92. The maximum Gasteiger partial charge on any atom is 0.261 e. The molecule has 1 amide bonds. The number of nitrogens with one attached hydrogen (secondary N) is 1. The summed E-state index contributed by atoms with van der Waals surface area (Å²) in [4.78, 5) is 34.4. The summed E-state index contributed by atoms with van der Waals surface area (Å²) < 4.78 is 17.9. The van der Waals surface area contributed by atoms with E-state index in [1.165, 1.54) is 29.4 Å².